The van der Waals surface area contributed by atoms with Gasteiger partial charge >= 0.3 is 0 Å². The van der Waals surface area contributed by atoms with Crippen molar-refractivity contribution in [2.45, 2.75) is 19.8 Å². The first kappa shape index (κ1) is 8.11. The molecule has 0 amide bonds. The Kier molecular flexibility index (Phi) is 2.95. The van der Waals surface area contributed by atoms with Crippen LogP contribution in [0, 0.1) is 0 Å². The minimum Gasteiger partial charge on any atom is -0.372 e. The van der Waals surface area contributed by atoms with E-state index in [0.29, 0.717) is 0 Å². The van der Waals surface area contributed by atoms with Crippen molar-refractivity contribution in [2.75, 3.05) is 18.5 Å². The summed E-state index contributed by atoms with van der Waals surface area (Å²) >= 11 is 0. The summed E-state index contributed by atoms with van der Waals surface area (Å²) in [5, 5.41) is 6.68. The van der Waals surface area contributed by atoms with E-state index in [1.54, 1.807) is 0 Å². The van der Waals surface area contributed by atoms with Crippen LogP contribution in [-0.2, 0) is 0 Å². The van der Waals surface area contributed by atoms with E-state index in [0.717, 1.165) is 6.54 Å². The Morgan fingerprint density at radius 3 is 3.00 bits per heavy atom. The van der Waals surface area contributed by atoms with E-state index in [2.05, 4.69) is 29.1 Å². The zero-order valence-electron chi connectivity index (χ0n) is 7.17. The Balaban J connectivity index is 2.36. The minimum atomic E-state index is 1.11. The van der Waals surface area contributed by atoms with Crippen LogP contribution in [0.1, 0.15) is 19.8 Å². The molecule has 0 saturated carbocycles. The molecule has 3 heteroatoms. The molecule has 3 nitrogen and oxygen atoms in total. The van der Waals surface area contributed by atoms with Gasteiger partial charge < -0.3 is 4.90 Å². The molecule has 0 unspecified atom stereocenters. The van der Waals surface area contributed by atoms with Gasteiger partial charge in [0.15, 0.2) is 0 Å². The fraction of sp³-hybridized carbons (Fsp3) is 0.625. The summed E-state index contributed by atoms with van der Waals surface area (Å²) in [5.41, 5.74) is 1.17. The average Bonchev–Trinajstić information content (AvgIpc) is 2.52. The topological polar surface area (TPSA) is 31.9 Å². The summed E-state index contributed by atoms with van der Waals surface area (Å²) in [5.74, 6) is 0. The lowest BCUT2D eigenvalue weighted by atomic mass is 10.3. The maximum Gasteiger partial charge on any atom is 0.0747 e. The Morgan fingerprint density at radius 2 is 2.45 bits per heavy atom. The van der Waals surface area contributed by atoms with E-state index in [1.807, 2.05) is 12.4 Å². The Hall–Kier alpha value is -0.990. The largest absolute Gasteiger partial charge is 0.372 e. The van der Waals surface area contributed by atoms with Crippen molar-refractivity contribution >= 4 is 5.69 Å². The fourth-order valence-corrected chi connectivity index (χ4v) is 0.977. The van der Waals surface area contributed by atoms with Crippen molar-refractivity contribution in [2.24, 2.45) is 0 Å². The summed E-state index contributed by atoms with van der Waals surface area (Å²) in [4.78, 5) is 2.20. The second kappa shape index (κ2) is 4.01. The summed E-state index contributed by atoms with van der Waals surface area (Å²) in [6, 6.07) is 0. The normalized spacial score (nSPS) is 10.0. The molecule has 62 valence electrons. The number of unbranched alkanes of at least 4 members (excludes halogenated alkanes) is 1. The van der Waals surface area contributed by atoms with Gasteiger partial charge in [-0.15, -0.1) is 0 Å². The van der Waals surface area contributed by atoms with E-state index in [-0.39, 0.29) is 0 Å². The van der Waals surface area contributed by atoms with Gasteiger partial charge in [-0.1, -0.05) is 13.3 Å². The molecule has 1 aromatic heterocycles. The molecule has 0 aliphatic carbocycles. The molecular formula is C8H15N3. The average molecular weight is 153 g/mol. The molecule has 0 aliphatic rings. The summed E-state index contributed by atoms with van der Waals surface area (Å²) in [6.07, 6.45) is 6.23. The molecule has 0 saturated heterocycles. The highest BCUT2D eigenvalue weighted by atomic mass is 15.2. The zero-order valence-corrected chi connectivity index (χ0v) is 7.17. The third-order valence-corrected chi connectivity index (χ3v) is 1.77. The first-order chi connectivity index (χ1) is 5.34. The van der Waals surface area contributed by atoms with Crippen molar-refractivity contribution < 1.29 is 0 Å². The number of rotatable bonds is 4. The highest BCUT2D eigenvalue weighted by molar-refractivity contribution is 5.40. The number of hydrogen-bond donors (Lipinski definition) is 1. The van der Waals surface area contributed by atoms with Gasteiger partial charge in [-0.2, -0.15) is 5.10 Å². The monoisotopic (exact) mass is 153 g/mol. The Morgan fingerprint density at radius 1 is 1.64 bits per heavy atom. The SMILES string of the molecule is CCCCN(C)c1cn[nH]c1. The van der Waals surface area contributed by atoms with Crippen LogP contribution in [-0.4, -0.2) is 23.8 Å². The summed E-state index contributed by atoms with van der Waals surface area (Å²) in [6.45, 7) is 3.30. The van der Waals surface area contributed by atoms with Gasteiger partial charge in [-0.25, -0.2) is 0 Å². The molecule has 0 aliphatic heterocycles. The van der Waals surface area contributed by atoms with Crippen LogP contribution in [0.2, 0.25) is 0 Å². The van der Waals surface area contributed by atoms with Crippen LogP contribution in [0.15, 0.2) is 12.4 Å². The van der Waals surface area contributed by atoms with Crippen LogP contribution in [0.3, 0.4) is 0 Å². The van der Waals surface area contributed by atoms with Crippen molar-refractivity contribution in [3.05, 3.63) is 12.4 Å². The molecule has 1 N–H and O–H groups in total. The third-order valence-electron chi connectivity index (χ3n) is 1.77. The van der Waals surface area contributed by atoms with Crippen LogP contribution >= 0.6 is 0 Å². The minimum absolute atomic E-state index is 1.11. The standard InChI is InChI=1S/C8H15N3/c1-3-4-5-11(2)8-6-9-10-7-8/h6-7H,3-5H2,1-2H3,(H,9,10). The van der Waals surface area contributed by atoms with Gasteiger partial charge in [-0.3, -0.25) is 5.10 Å². The highest BCUT2D eigenvalue weighted by Gasteiger charge is 1.98. The number of anilines is 1. The smallest absolute Gasteiger partial charge is 0.0747 e. The predicted octanol–water partition coefficient (Wildman–Crippen LogP) is 1.65. The van der Waals surface area contributed by atoms with E-state index in [4.69, 9.17) is 0 Å². The molecular weight excluding hydrogens is 138 g/mol. The third kappa shape index (κ3) is 2.26. The zero-order chi connectivity index (χ0) is 8.10. The van der Waals surface area contributed by atoms with E-state index >= 15 is 0 Å². The molecule has 11 heavy (non-hydrogen) atoms. The van der Waals surface area contributed by atoms with Crippen molar-refractivity contribution in [1.29, 1.82) is 0 Å². The van der Waals surface area contributed by atoms with Gasteiger partial charge in [0, 0.05) is 19.8 Å². The van der Waals surface area contributed by atoms with Crippen molar-refractivity contribution in [3.8, 4) is 0 Å². The van der Waals surface area contributed by atoms with Crippen LogP contribution in [0.4, 0.5) is 5.69 Å². The number of hydrogen-bond acceptors (Lipinski definition) is 2. The summed E-state index contributed by atoms with van der Waals surface area (Å²) in [7, 11) is 2.08. The first-order valence-electron chi connectivity index (χ1n) is 4.04. The molecule has 0 atom stereocenters. The molecule has 0 aromatic carbocycles. The van der Waals surface area contributed by atoms with Gasteiger partial charge in [0.25, 0.3) is 0 Å². The van der Waals surface area contributed by atoms with E-state index in [1.165, 1.54) is 18.5 Å². The second-order valence-corrected chi connectivity index (χ2v) is 2.73. The van der Waals surface area contributed by atoms with E-state index in [9.17, 15) is 0 Å². The van der Waals surface area contributed by atoms with Gasteiger partial charge in [0.05, 0.1) is 11.9 Å². The fourth-order valence-electron chi connectivity index (χ4n) is 0.977. The lowest BCUT2D eigenvalue weighted by molar-refractivity contribution is 0.767. The number of nitrogens with one attached hydrogen (secondary N) is 1. The number of aromatic nitrogens is 2. The van der Waals surface area contributed by atoms with Gasteiger partial charge in [0.1, 0.15) is 0 Å². The van der Waals surface area contributed by atoms with Gasteiger partial charge in [0.2, 0.25) is 0 Å². The van der Waals surface area contributed by atoms with Crippen LogP contribution in [0.25, 0.3) is 0 Å². The Labute approximate surface area is 67.4 Å². The van der Waals surface area contributed by atoms with Crippen molar-refractivity contribution in [3.63, 3.8) is 0 Å². The molecule has 0 radical (unpaired) electrons. The molecule has 1 aromatic rings. The first-order valence-corrected chi connectivity index (χ1v) is 4.04. The maximum absolute atomic E-state index is 3.88. The second-order valence-electron chi connectivity index (χ2n) is 2.73. The molecule has 1 rings (SSSR count). The molecule has 1 heterocycles. The molecule has 0 spiro atoms. The van der Waals surface area contributed by atoms with Crippen molar-refractivity contribution in [1.82, 2.24) is 10.2 Å². The Bertz CT molecular complexity index is 181. The number of H-pyrrole nitrogens is 1. The summed E-state index contributed by atoms with van der Waals surface area (Å²) < 4.78 is 0. The van der Waals surface area contributed by atoms with Gasteiger partial charge in [-0.05, 0) is 6.42 Å². The van der Waals surface area contributed by atoms with E-state index < -0.39 is 0 Å². The predicted molar refractivity (Wildman–Crippen MR) is 46.8 cm³/mol. The molecule has 0 bridgehead atoms. The van der Waals surface area contributed by atoms with Crippen LogP contribution in [0.5, 0.6) is 0 Å². The number of aromatic amines is 1. The maximum atomic E-state index is 3.88. The molecule has 0 fully saturated rings. The lowest BCUT2D eigenvalue weighted by Crippen LogP contribution is -2.17. The lowest BCUT2D eigenvalue weighted by Gasteiger charge is -2.15. The highest BCUT2D eigenvalue weighted by Crippen LogP contribution is 2.08. The number of nitrogens with zero attached hydrogens (tertiary/aromatic N) is 2. The quantitative estimate of drug-likeness (QED) is 0.713. The van der Waals surface area contributed by atoms with Crippen LogP contribution < -0.4 is 4.90 Å².